The zero-order valence-electron chi connectivity index (χ0n) is 10.5. The van der Waals surface area contributed by atoms with Crippen molar-refractivity contribution in [2.45, 2.75) is 43.8 Å². The monoisotopic (exact) mass is 263 g/mol. The molecule has 96 valence electrons. The SMILES string of the molecule is COC(=O)[C@H]1C[C@H]2CC[C@@H]3[C@H]1c1sccc1CN23. The van der Waals surface area contributed by atoms with Gasteiger partial charge in [-0.2, -0.15) is 0 Å². The molecule has 0 spiro atoms. The van der Waals surface area contributed by atoms with Crippen LogP contribution in [0.4, 0.5) is 0 Å². The molecule has 1 aromatic heterocycles. The van der Waals surface area contributed by atoms with E-state index in [9.17, 15) is 4.79 Å². The molecule has 3 nitrogen and oxygen atoms in total. The topological polar surface area (TPSA) is 29.5 Å². The number of hydrogen-bond donors (Lipinski definition) is 0. The van der Waals surface area contributed by atoms with Crippen molar-refractivity contribution in [1.82, 2.24) is 4.90 Å². The minimum atomic E-state index is -0.00204. The average Bonchev–Trinajstić information content (AvgIpc) is 2.94. The zero-order valence-corrected chi connectivity index (χ0v) is 11.3. The van der Waals surface area contributed by atoms with Gasteiger partial charge in [0.05, 0.1) is 13.0 Å². The van der Waals surface area contributed by atoms with E-state index < -0.39 is 0 Å². The lowest BCUT2D eigenvalue weighted by Gasteiger charge is -2.47. The highest BCUT2D eigenvalue weighted by atomic mass is 32.1. The Morgan fingerprint density at radius 1 is 1.50 bits per heavy atom. The smallest absolute Gasteiger partial charge is 0.309 e. The summed E-state index contributed by atoms with van der Waals surface area (Å²) in [5.74, 6) is 0.471. The fourth-order valence-corrected chi connectivity index (χ4v) is 5.42. The van der Waals surface area contributed by atoms with Gasteiger partial charge in [0.2, 0.25) is 0 Å². The minimum absolute atomic E-state index is 0.00204. The Balaban J connectivity index is 1.81. The molecule has 4 rings (SSSR count). The van der Waals surface area contributed by atoms with Gasteiger partial charge in [0.25, 0.3) is 0 Å². The van der Waals surface area contributed by atoms with Gasteiger partial charge in [-0.15, -0.1) is 11.3 Å². The maximum atomic E-state index is 12.1. The van der Waals surface area contributed by atoms with E-state index in [4.69, 9.17) is 4.74 Å². The van der Waals surface area contributed by atoms with Crippen molar-refractivity contribution in [1.29, 1.82) is 0 Å². The summed E-state index contributed by atoms with van der Waals surface area (Å²) in [6.45, 7) is 1.10. The molecule has 0 radical (unpaired) electrons. The van der Waals surface area contributed by atoms with E-state index in [0.29, 0.717) is 18.0 Å². The average molecular weight is 263 g/mol. The van der Waals surface area contributed by atoms with E-state index in [1.165, 1.54) is 30.4 Å². The Morgan fingerprint density at radius 3 is 3.22 bits per heavy atom. The van der Waals surface area contributed by atoms with Gasteiger partial charge < -0.3 is 4.74 Å². The molecule has 3 aliphatic heterocycles. The van der Waals surface area contributed by atoms with Crippen LogP contribution in [0.25, 0.3) is 0 Å². The summed E-state index contributed by atoms with van der Waals surface area (Å²) in [5, 5.41) is 2.18. The molecular weight excluding hydrogens is 246 g/mol. The standard InChI is InChI=1S/C14H17NO2S/c1-17-14(16)10-6-9-2-3-11-12(10)13-8(4-5-18-13)7-15(9)11/h4-5,9-12H,2-3,6-7H2,1H3/t9-,10+,11-,12+/m1/s1. The minimum Gasteiger partial charge on any atom is -0.469 e. The highest BCUT2D eigenvalue weighted by Crippen LogP contribution is 2.53. The van der Waals surface area contributed by atoms with Gasteiger partial charge in [-0.3, -0.25) is 9.69 Å². The number of carbonyl (C=O) groups is 1. The van der Waals surface area contributed by atoms with E-state index in [2.05, 4.69) is 16.3 Å². The second kappa shape index (κ2) is 3.81. The first-order valence-electron chi connectivity index (χ1n) is 6.69. The molecule has 4 heterocycles. The predicted octanol–water partition coefficient (Wildman–Crippen LogP) is 2.37. The van der Waals surface area contributed by atoms with Gasteiger partial charge in [-0.1, -0.05) is 0 Å². The Labute approximate surface area is 111 Å². The van der Waals surface area contributed by atoms with Crippen LogP contribution in [0.3, 0.4) is 0 Å². The molecular formula is C14H17NO2S. The summed E-state index contributed by atoms with van der Waals surface area (Å²) in [7, 11) is 1.52. The van der Waals surface area contributed by atoms with Crippen LogP contribution in [0.1, 0.15) is 35.6 Å². The zero-order chi connectivity index (χ0) is 12.3. The molecule has 0 aromatic carbocycles. The summed E-state index contributed by atoms with van der Waals surface area (Å²) in [5.41, 5.74) is 1.45. The Morgan fingerprint density at radius 2 is 2.39 bits per heavy atom. The van der Waals surface area contributed by atoms with Gasteiger partial charge in [0.1, 0.15) is 0 Å². The van der Waals surface area contributed by atoms with Crippen molar-refractivity contribution in [3.8, 4) is 0 Å². The van der Waals surface area contributed by atoms with Gasteiger partial charge in [0.15, 0.2) is 0 Å². The lowest BCUT2D eigenvalue weighted by Crippen LogP contribution is -2.51. The molecule has 3 aliphatic rings. The Kier molecular flexibility index (Phi) is 2.33. The summed E-state index contributed by atoms with van der Waals surface area (Å²) < 4.78 is 5.04. The Hall–Kier alpha value is -0.870. The maximum absolute atomic E-state index is 12.1. The molecule has 0 aliphatic carbocycles. The van der Waals surface area contributed by atoms with Crippen molar-refractivity contribution in [2.75, 3.05) is 7.11 Å². The molecule has 0 amide bonds. The molecule has 4 heteroatoms. The molecule has 1 unspecified atom stereocenters. The van der Waals surface area contributed by atoms with Crippen molar-refractivity contribution in [2.24, 2.45) is 5.92 Å². The van der Waals surface area contributed by atoms with Crippen LogP contribution < -0.4 is 0 Å². The summed E-state index contributed by atoms with van der Waals surface area (Å²) in [6, 6.07) is 3.42. The van der Waals surface area contributed by atoms with Crippen LogP contribution in [0.2, 0.25) is 0 Å². The third-order valence-electron chi connectivity index (χ3n) is 5.01. The molecule has 5 atom stereocenters. The number of carbonyl (C=O) groups excluding carboxylic acids is 1. The van der Waals surface area contributed by atoms with E-state index in [1.54, 1.807) is 0 Å². The number of hydrogen-bond acceptors (Lipinski definition) is 4. The van der Waals surface area contributed by atoms with E-state index in [1.807, 2.05) is 11.3 Å². The first kappa shape index (κ1) is 11.0. The second-order valence-electron chi connectivity index (χ2n) is 5.67. The molecule has 2 fully saturated rings. The highest BCUT2D eigenvalue weighted by Gasteiger charge is 2.53. The summed E-state index contributed by atoms with van der Waals surface area (Å²) in [4.78, 5) is 16.2. The number of rotatable bonds is 1. The number of fused-ring (bicyclic) bond motifs is 2. The molecule has 0 N–H and O–H groups in total. The first-order valence-corrected chi connectivity index (χ1v) is 7.57. The number of esters is 1. The lowest BCUT2D eigenvalue weighted by atomic mass is 9.75. The Bertz CT molecular complexity index is 498. The van der Waals surface area contributed by atoms with Gasteiger partial charge in [-0.25, -0.2) is 0 Å². The summed E-state index contributed by atoms with van der Waals surface area (Å²) in [6.07, 6.45) is 3.49. The van der Waals surface area contributed by atoms with Crippen molar-refractivity contribution >= 4 is 17.3 Å². The maximum Gasteiger partial charge on any atom is 0.309 e. The van der Waals surface area contributed by atoms with Gasteiger partial charge >= 0.3 is 5.97 Å². The summed E-state index contributed by atoms with van der Waals surface area (Å²) >= 11 is 1.83. The number of thiophene rings is 1. The normalized spacial score (nSPS) is 40.4. The highest BCUT2D eigenvalue weighted by molar-refractivity contribution is 7.10. The second-order valence-corrected chi connectivity index (χ2v) is 6.62. The number of ether oxygens (including phenoxy) is 1. The molecule has 18 heavy (non-hydrogen) atoms. The fraction of sp³-hybridized carbons (Fsp3) is 0.643. The molecule has 4 bridgehead atoms. The van der Waals surface area contributed by atoms with Gasteiger partial charge in [-0.05, 0) is 36.3 Å². The fourth-order valence-electron chi connectivity index (χ4n) is 4.28. The third kappa shape index (κ3) is 1.30. The molecule has 0 saturated carbocycles. The molecule has 1 aromatic rings. The van der Waals surface area contributed by atoms with Crippen LogP contribution >= 0.6 is 11.3 Å². The lowest BCUT2D eigenvalue weighted by molar-refractivity contribution is -0.149. The largest absolute Gasteiger partial charge is 0.469 e. The molecule has 2 saturated heterocycles. The van der Waals surface area contributed by atoms with E-state index >= 15 is 0 Å². The van der Waals surface area contributed by atoms with E-state index in [-0.39, 0.29) is 11.9 Å². The van der Waals surface area contributed by atoms with Crippen LogP contribution in [0.5, 0.6) is 0 Å². The predicted molar refractivity (Wildman–Crippen MR) is 69.5 cm³/mol. The van der Waals surface area contributed by atoms with E-state index in [0.717, 1.165) is 13.0 Å². The number of methoxy groups -OCH3 is 1. The van der Waals surface area contributed by atoms with Crippen molar-refractivity contribution in [3.05, 3.63) is 21.9 Å². The van der Waals surface area contributed by atoms with Crippen molar-refractivity contribution in [3.63, 3.8) is 0 Å². The van der Waals surface area contributed by atoms with Crippen LogP contribution in [0, 0.1) is 5.92 Å². The van der Waals surface area contributed by atoms with Crippen LogP contribution in [-0.4, -0.2) is 30.1 Å². The quantitative estimate of drug-likeness (QED) is 0.729. The van der Waals surface area contributed by atoms with Crippen LogP contribution in [0.15, 0.2) is 11.4 Å². The van der Waals surface area contributed by atoms with Gasteiger partial charge in [0, 0.05) is 29.4 Å². The van der Waals surface area contributed by atoms with Crippen LogP contribution in [-0.2, 0) is 16.1 Å². The third-order valence-corrected chi connectivity index (χ3v) is 6.07. The van der Waals surface area contributed by atoms with Crippen molar-refractivity contribution < 1.29 is 9.53 Å². The first-order chi connectivity index (χ1) is 8.79. The number of nitrogens with zero attached hydrogens (tertiary/aromatic N) is 1. The number of piperidine rings is 1.